The Kier molecular flexibility index (Phi) is 11.6. The number of aliphatic imine (C=N–C) groups is 1. The highest BCUT2D eigenvalue weighted by Gasteiger charge is 2.21. The first-order chi connectivity index (χ1) is 12.2. The van der Waals surface area contributed by atoms with Crippen LogP contribution >= 0.6 is 24.0 Å². The number of methoxy groups -OCH3 is 1. The zero-order valence-electron chi connectivity index (χ0n) is 16.2. The second-order valence-corrected chi connectivity index (χ2v) is 6.46. The number of nitrogens with one attached hydrogen (secondary N) is 2. The van der Waals surface area contributed by atoms with Crippen LogP contribution in [-0.4, -0.2) is 65.0 Å². The molecule has 0 aromatic heterocycles. The van der Waals surface area contributed by atoms with E-state index in [-0.39, 0.29) is 24.0 Å². The Hall–Kier alpha value is -1.06. The summed E-state index contributed by atoms with van der Waals surface area (Å²) in [6, 6.07) is 8.41. The highest BCUT2D eigenvalue weighted by atomic mass is 127. The van der Waals surface area contributed by atoms with Crippen LogP contribution in [0.4, 0.5) is 5.69 Å². The van der Waals surface area contributed by atoms with E-state index < -0.39 is 0 Å². The number of anilines is 1. The zero-order valence-corrected chi connectivity index (χ0v) is 18.5. The maximum absolute atomic E-state index is 5.70. The molecule has 0 saturated heterocycles. The van der Waals surface area contributed by atoms with Crippen molar-refractivity contribution < 1.29 is 9.47 Å². The summed E-state index contributed by atoms with van der Waals surface area (Å²) in [5, 5.41) is 6.72. The Morgan fingerprint density at radius 2 is 1.96 bits per heavy atom. The molecule has 0 amide bonds. The highest BCUT2D eigenvalue weighted by molar-refractivity contribution is 14.0. The van der Waals surface area contributed by atoms with E-state index >= 15 is 0 Å². The van der Waals surface area contributed by atoms with Gasteiger partial charge in [-0.05, 0) is 36.5 Å². The monoisotopic (exact) mass is 476 g/mol. The van der Waals surface area contributed by atoms with Gasteiger partial charge in [-0.25, -0.2) is 0 Å². The fourth-order valence-electron chi connectivity index (χ4n) is 2.45. The minimum Gasteiger partial charge on any atom is -0.383 e. The second kappa shape index (κ2) is 13.2. The van der Waals surface area contributed by atoms with Crippen molar-refractivity contribution in [1.29, 1.82) is 0 Å². The van der Waals surface area contributed by atoms with Crippen molar-refractivity contribution in [1.82, 2.24) is 10.2 Å². The Morgan fingerprint density at radius 3 is 2.58 bits per heavy atom. The number of benzene rings is 1. The van der Waals surface area contributed by atoms with E-state index in [1.807, 2.05) is 14.1 Å². The molecule has 2 rings (SSSR count). The maximum atomic E-state index is 5.70. The fourth-order valence-corrected chi connectivity index (χ4v) is 2.45. The van der Waals surface area contributed by atoms with Crippen LogP contribution in [0.1, 0.15) is 18.4 Å². The Morgan fingerprint density at radius 1 is 1.23 bits per heavy atom. The van der Waals surface area contributed by atoms with Gasteiger partial charge in [-0.1, -0.05) is 12.1 Å². The van der Waals surface area contributed by atoms with Crippen molar-refractivity contribution in [2.75, 3.05) is 59.4 Å². The third-order valence-corrected chi connectivity index (χ3v) is 4.23. The molecule has 7 heteroatoms. The van der Waals surface area contributed by atoms with E-state index in [9.17, 15) is 0 Å². The largest absolute Gasteiger partial charge is 0.383 e. The van der Waals surface area contributed by atoms with Crippen molar-refractivity contribution in [3.8, 4) is 0 Å². The summed E-state index contributed by atoms with van der Waals surface area (Å²) in [4.78, 5) is 6.45. The van der Waals surface area contributed by atoms with E-state index in [0.29, 0.717) is 6.61 Å². The lowest BCUT2D eigenvalue weighted by Gasteiger charge is -2.22. The lowest BCUT2D eigenvalue weighted by molar-refractivity contribution is 0.115. The minimum absolute atomic E-state index is 0. The number of hydrogen-bond acceptors (Lipinski definition) is 4. The number of guanidine groups is 1. The number of ether oxygens (including phenoxy) is 2. The van der Waals surface area contributed by atoms with Crippen LogP contribution in [0.3, 0.4) is 0 Å². The van der Waals surface area contributed by atoms with Gasteiger partial charge in [0.1, 0.15) is 0 Å². The number of nitrogens with zero attached hydrogens (tertiary/aromatic N) is 2. The molecular weight excluding hydrogens is 443 g/mol. The third-order valence-electron chi connectivity index (χ3n) is 4.23. The predicted octanol–water partition coefficient (Wildman–Crippen LogP) is 2.80. The van der Waals surface area contributed by atoms with Crippen LogP contribution < -0.4 is 10.6 Å². The molecule has 1 fully saturated rings. The van der Waals surface area contributed by atoms with Gasteiger partial charge in [-0.15, -0.1) is 24.0 Å². The molecule has 1 aromatic carbocycles. The molecule has 0 unspecified atom stereocenters. The molecule has 0 heterocycles. The topological polar surface area (TPSA) is 58.1 Å². The van der Waals surface area contributed by atoms with Crippen LogP contribution in [0.25, 0.3) is 0 Å². The van der Waals surface area contributed by atoms with Crippen molar-refractivity contribution in [2.24, 2.45) is 10.9 Å². The summed E-state index contributed by atoms with van der Waals surface area (Å²) in [7, 11) is 5.56. The molecule has 1 aromatic rings. The van der Waals surface area contributed by atoms with Gasteiger partial charge < -0.3 is 25.0 Å². The molecule has 1 saturated carbocycles. The normalized spacial score (nSPS) is 13.9. The number of rotatable bonds is 11. The van der Waals surface area contributed by atoms with Crippen molar-refractivity contribution in [3.05, 3.63) is 29.8 Å². The minimum atomic E-state index is 0. The van der Waals surface area contributed by atoms with Gasteiger partial charge in [-0.2, -0.15) is 0 Å². The summed E-state index contributed by atoms with van der Waals surface area (Å²) in [6.07, 6.45) is 2.67. The summed E-state index contributed by atoms with van der Waals surface area (Å²) >= 11 is 0. The van der Waals surface area contributed by atoms with Gasteiger partial charge in [0.25, 0.3) is 0 Å². The van der Waals surface area contributed by atoms with Crippen LogP contribution in [-0.2, 0) is 16.0 Å². The second-order valence-electron chi connectivity index (χ2n) is 6.46. The Labute approximate surface area is 174 Å². The smallest absolute Gasteiger partial charge is 0.193 e. The average molecular weight is 476 g/mol. The molecule has 0 aliphatic heterocycles. The molecular formula is C19H33IN4O2. The molecule has 0 atom stereocenters. The number of halogens is 1. The third kappa shape index (κ3) is 9.05. The molecule has 0 radical (unpaired) electrons. The molecule has 1 aliphatic rings. The average Bonchev–Trinajstić information content (AvgIpc) is 3.45. The fraction of sp³-hybridized carbons (Fsp3) is 0.632. The first-order valence-electron chi connectivity index (χ1n) is 9.04. The first kappa shape index (κ1) is 23.0. The summed E-state index contributed by atoms with van der Waals surface area (Å²) in [5.41, 5.74) is 2.33. The standard InChI is InChI=1S/C19H32N4O2.HI/c1-20-19(23(2)11-13-25-15-17-4-5-17)22-14-16-6-8-18(9-7-16)21-10-12-24-3;/h6-9,17,21H,4-5,10-15H2,1-3H3,(H,20,22);1H. The van der Waals surface area contributed by atoms with Crippen LogP contribution in [0, 0.1) is 5.92 Å². The van der Waals surface area contributed by atoms with Crippen LogP contribution in [0.2, 0.25) is 0 Å². The quantitative estimate of drug-likeness (QED) is 0.223. The van der Waals surface area contributed by atoms with E-state index in [1.165, 1.54) is 18.4 Å². The van der Waals surface area contributed by atoms with Gasteiger partial charge in [0.2, 0.25) is 0 Å². The molecule has 2 N–H and O–H groups in total. The van der Waals surface area contributed by atoms with Crippen LogP contribution in [0.15, 0.2) is 29.3 Å². The predicted molar refractivity (Wildman–Crippen MR) is 119 cm³/mol. The van der Waals surface area contributed by atoms with E-state index in [2.05, 4.69) is 44.8 Å². The Balaban J connectivity index is 0.00000338. The van der Waals surface area contributed by atoms with Gasteiger partial charge >= 0.3 is 0 Å². The van der Waals surface area contributed by atoms with Crippen molar-refractivity contribution >= 4 is 35.6 Å². The highest BCUT2D eigenvalue weighted by Crippen LogP contribution is 2.28. The molecule has 0 spiro atoms. The molecule has 0 bridgehead atoms. The number of hydrogen-bond donors (Lipinski definition) is 2. The van der Waals surface area contributed by atoms with Crippen LogP contribution in [0.5, 0.6) is 0 Å². The maximum Gasteiger partial charge on any atom is 0.193 e. The van der Waals surface area contributed by atoms with Crippen molar-refractivity contribution in [3.63, 3.8) is 0 Å². The molecule has 148 valence electrons. The lowest BCUT2D eigenvalue weighted by Crippen LogP contribution is -2.40. The lowest BCUT2D eigenvalue weighted by atomic mass is 10.2. The first-order valence-corrected chi connectivity index (χ1v) is 9.04. The summed E-state index contributed by atoms with van der Waals surface area (Å²) in [5.74, 6) is 1.70. The number of likely N-dealkylation sites (N-methyl/N-ethyl adjacent to an activating group) is 1. The van der Waals surface area contributed by atoms with Gasteiger partial charge in [0.15, 0.2) is 5.96 Å². The van der Waals surface area contributed by atoms with E-state index in [4.69, 9.17) is 9.47 Å². The van der Waals surface area contributed by atoms with Gasteiger partial charge in [-0.3, -0.25) is 4.99 Å². The van der Waals surface area contributed by atoms with Gasteiger partial charge in [0, 0.05) is 53.1 Å². The molecule has 6 nitrogen and oxygen atoms in total. The molecule has 26 heavy (non-hydrogen) atoms. The summed E-state index contributed by atoms with van der Waals surface area (Å²) < 4.78 is 10.7. The Bertz CT molecular complexity index is 521. The van der Waals surface area contributed by atoms with Crippen molar-refractivity contribution in [2.45, 2.75) is 19.4 Å². The van der Waals surface area contributed by atoms with E-state index in [0.717, 1.165) is 50.4 Å². The van der Waals surface area contributed by atoms with E-state index in [1.54, 1.807) is 7.11 Å². The van der Waals surface area contributed by atoms with Gasteiger partial charge in [0.05, 0.1) is 13.2 Å². The zero-order chi connectivity index (χ0) is 17.9. The molecule has 1 aliphatic carbocycles. The SMILES string of the molecule is CN=C(NCc1ccc(NCCOC)cc1)N(C)CCOCC1CC1.I. The summed E-state index contributed by atoms with van der Waals surface area (Å²) in [6.45, 7) is 4.76.